The first-order chi connectivity index (χ1) is 6.00. The van der Waals surface area contributed by atoms with Crippen molar-refractivity contribution >= 4 is 5.78 Å². The molecular formula is C10H14N2O. The molecule has 1 aliphatic carbocycles. The van der Waals surface area contributed by atoms with Crippen molar-refractivity contribution in [1.29, 1.82) is 0 Å². The molecule has 0 amide bonds. The minimum atomic E-state index is 0.0530. The van der Waals surface area contributed by atoms with Crippen molar-refractivity contribution in [2.24, 2.45) is 5.41 Å². The van der Waals surface area contributed by atoms with E-state index in [0.29, 0.717) is 17.0 Å². The summed E-state index contributed by atoms with van der Waals surface area (Å²) in [6, 6.07) is 0. The van der Waals surface area contributed by atoms with E-state index in [1.165, 1.54) is 0 Å². The molecule has 13 heavy (non-hydrogen) atoms. The zero-order valence-electron chi connectivity index (χ0n) is 8.22. The number of imidazole rings is 1. The first-order valence-corrected chi connectivity index (χ1v) is 4.56. The number of Topliss-reactive ketones (excluding diaryl/α,β-unsaturated/α-hetero) is 1. The molecule has 0 bridgehead atoms. The Morgan fingerprint density at radius 2 is 2.31 bits per heavy atom. The number of aromatic nitrogens is 2. The Morgan fingerprint density at radius 1 is 1.69 bits per heavy atom. The molecule has 1 aromatic rings. The van der Waals surface area contributed by atoms with E-state index in [1.54, 1.807) is 13.1 Å². The lowest BCUT2D eigenvalue weighted by Crippen LogP contribution is -1.94. The molecule has 1 unspecified atom stereocenters. The summed E-state index contributed by atoms with van der Waals surface area (Å²) in [5.41, 5.74) is 0.990. The highest BCUT2D eigenvalue weighted by atomic mass is 16.1. The van der Waals surface area contributed by atoms with Crippen LogP contribution >= 0.6 is 0 Å². The normalized spacial score (nSPS) is 24.4. The minimum Gasteiger partial charge on any atom is -0.339 e. The van der Waals surface area contributed by atoms with E-state index < -0.39 is 0 Å². The van der Waals surface area contributed by atoms with E-state index in [1.807, 2.05) is 0 Å². The molecule has 1 aromatic heterocycles. The Kier molecular flexibility index (Phi) is 1.59. The Morgan fingerprint density at radius 3 is 2.69 bits per heavy atom. The maximum Gasteiger partial charge on any atom is 0.177 e. The first kappa shape index (κ1) is 8.48. The van der Waals surface area contributed by atoms with E-state index in [4.69, 9.17) is 0 Å². The zero-order valence-corrected chi connectivity index (χ0v) is 8.22. The molecule has 1 fully saturated rings. The van der Waals surface area contributed by atoms with Gasteiger partial charge in [-0.1, -0.05) is 13.8 Å². The molecule has 0 radical (unpaired) electrons. The molecule has 3 nitrogen and oxygen atoms in total. The van der Waals surface area contributed by atoms with Crippen molar-refractivity contribution in [3.63, 3.8) is 0 Å². The Hall–Kier alpha value is -1.12. The number of nitrogens with one attached hydrogen (secondary N) is 1. The lowest BCUT2D eigenvalue weighted by Gasteiger charge is -1.98. The highest BCUT2D eigenvalue weighted by Gasteiger charge is 2.48. The van der Waals surface area contributed by atoms with Crippen molar-refractivity contribution in [2.75, 3.05) is 0 Å². The van der Waals surface area contributed by atoms with Gasteiger partial charge in [-0.3, -0.25) is 4.79 Å². The van der Waals surface area contributed by atoms with Gasteiger partial charge in [-0.2, -0.15) is 0 Å². The van der Waals surface area contributed by atoms with Gasteiger partial charge in [-0.15, -0.1) is 0 Å². The standard InChI is InChI=1S/C10H14N2O/c1-6(13)8-5-11-9(12-8)7-4-10(7,2)3/h5,7H,4H2,1-3H3,(H,11,12). The second kappa shape index (κ2) is 2.44. The van der Waals surface area contributed by atoms with Gasteiger partial charge in [0.1, 0.15) is 11.5 Å². The fraction of sp³-hybridized carbons (Fsp3) is 0.600. The summed E-state index contributed by atoms with van der Waals surface area (Å²) in [4.78, 5) is 18.3. The molecule has 2 rings (SSSR count). The predicted molar refractivity (Wildman–Crippen MR) is 49.7 cm³/mol. The first-order valence-electron chi connectivity index (χ1n) is 4.56. The Balaban J connectivity index is 2.20. The van der Waals surface area contributed by atoms with Crippen molar-refractivity contribution in [3.05, 3.63) is 17.7 Å². The van der Waals surface area contributed by atoms with Gasteiger partial charge >= 0.3 is 0 Å². The third-order valence-electron chi connectivity index (χ3n) is 2.82. The van der Waals surface area contributed by atoms with Gasteiger partial charge in [0.2, 0.25) is 0 Å². The van der Waals surface area contributed by atoms with Crippen LogP contribution in [0.25, 0.3) is 0 Å². The molecule has 70 valence electrons. The molecule has 1 heterocycles. The van der Waals surface area contributed by atoms with Crippen LogP contribution in [0.3, 0.4) is 0 Å². The second-order valence-corrected chi connectivity index (χ2v) is 4.48. The van der Waals surface area contributed by atoms with Gasteiger partial charge in [0, 0.05) is 12.8 Å². The molecular weight excluding hydrogens is 164 g/mol. The lowest BCUT2D eigenvalue weighted by molar-refractivity contribution is 0.101. The number of carbonyl (C=O) groups is 1. The van der Waals surface area contributed by atoms with Crippen LogP contribution in [0, 0.1) is 5.41 Å². The monoisotopic (exact) mass is 178 g/mol. The van der Waals surface area contributed by atoms with Crippen LogP contribution in [0.1, 0.15) is 49.4 Å². The van der Waals surface area contributed by atoms with Crippen LogP contribution in [0.5, 0.6) is 0 Å². The van der Waals surface area contributed by atoms with E-state index in [0.717, 1.165) is 12.2 Å². The SMILES string of the molecule is CC(=O)c1cnc(C2CC2(C)C)[nH]1. The van der Waals surface area contributed by atoms with Crippen LogP contribution < -0.4 is 0 Å². The van der Waals surface area contributed by atoms with Gasteiger partial charge < -0.3 is 4.98 Å². The molecule has 1 aliphatic rings. The molecule has 3 heteroatoms. The van der Waals surface area contributed by atoms with Crippen LogP contribution in [0.2, 0.25) is 0 Å². The smallest absolute Gasteiger partial charge is 0.177 e. The summed E-state index contributed by atoms with van der Waals surface area (Å²) in [6.07, 6.45) is 2.80. The number of rotatable bonds is 2. The molecule has 1 atom stereocenters. The molecule has 1 saturated carbocycles. The Labute approximate surface area is 77.6 Å². The fourth-order valence-electron chi connectivity index (χ4n) is 1.63. The number of aromatic amines is 1. The third kappa shape index (κ3) is 1.39. The lowest BCUT2D eigenvalue weighted by atomic mass is 10.1. The van der Waals surface area contributed by atoms with Gasteiger partial charge in [-0.05, 0) is 11.8 Å². The Bertz CT molecular complexity index is 352. The van der Waals surface area contributed by atoms with Crippen molar-refractivity contribution in [3.8, 4) is 0 Å². The zero-order chi connectivity index (χ0) is 9.64. The summed E-state index contributed by atoms with van der Waals surface area (Å²) in [5, 5.41) is 0. The summed E-state index contributed by atoms with van der Waals surface area (Å²) in [6.45, 7) is 5.98. The van der Waals surface area contributed by atoms with Crippen LogP contribution in [0.4, 0.5) is 0 Å². The van der Waals surface area contributed by atoms with Crippen LogP contribution in [-0.4, -0.2) is 15.8 Å². The fourth-order valence-corrected chi connectivity index (χ4v) is 1.63. The number of ketones is 1. The largest absolute Gasteiger partial charge is 0.339 e. The van der Waals surface area contributed by atoms with Gasteiger partial charge in [0.15, 0.2) is 5.78 Å². The average molecular weight is 178 g/mol. The van der Waals surface area contributed by atoms with E-state index >= 15 is 0 Å². The molecule has 0 spiro atoms. The van der Waals surface area contributed by atoms with Gasteiger partial charge in [0.25, 0.3) is 0 Å². The van der Waals surface area contributed by atoms with Crippen molar-refractivity contribution < 1.29 is 4.79 Å². The van der Waals surface area contributed by atoms with Gasteiger partial charge in [-0.25, -0.2) is 4.98 Å². The predicted octanol–water partition coefficient (Wildman–Crippen LogP) is 2.13. The second-order valence-electron chi connectivity index (χ2n) is 4.48. The van der Waals surface area contributed by atoms with E-state index in [2.05, 4.69) is 23.8 Å². The maximum atomic E-state index is 11.0. The highest BCUT2D eigenvalue weighted by molar-refractivity contribution is 5.91. The summed E-state index contributed by atoms with van der Waals surface area (Å²) in [5.74, 6) is 1.54. The number of H-pyrrole nitrogens is 1. The highest BCUT2D eigenvalue weighted by Crippen LogP contribution is 2.57. The maximum absolute atomic E-state index is 11.0. The van der Waals surface area contributed by atoms with Crippen molar-refractivity contribution in [2.45, 2.75) is 33.1 Å². The summed E-state index contributed by atoms with van der Waals surface area (Å²) >= 11 is 0. The van der Waals surface area contributed by atoms with E-state index in [-0.39, 0.29) is 5.78 Å². The summed E-state index contributed by atoms with van der Waals surface area (Å²) in [7, 11) is 0. The topological polar surface area (TPSA) is 45.8 Å². The van der Waals surface area contributed by atoms with Crippen LogP contribution in [0.15, 0.2) is 6.20 Å². The molecule has 0 aromatic carbocycles. The number of hydrogen-bond donors (Lipinski definition) is 1. The average Bonchev–Trinajstić information content (AvgIpc) is 2.50. The van der Waals surface area contributed by atoms with Gasteiger partial charge in [0.05, 0.1) is 6.20 Å². The molecule has 0 aliphatic heterocycles. The third-order valence-corrected chi connectivity index (χ3v) is 2.82. The summed E-state index contributed by atoms with van der Waals surface area (Å²) < 4.78 is 0. The minimum absolute atomic E-state index is 0.0530. The number of carbonyl (C=O) groups excluding carboxylic acids is 1. The number of hydrogen-bond acceptors (Lipinski definition) is 2. The quantitative estimate of drug-likeness (QED) is 0.705. The van der Waals surface area contributed by atoms with E-state index in [9.17, 15) is 4.79 Å². The molecule has 1 N–H and O–H groups in total. The van der Waals surface area contributed by atoms with Crippen LogP contribution in [-0.2, 0) is 0 Å². The van der Waals surface area contributed by atoms with Crippen molar-refractivity contribution in [1.82, 2.24) is 9.97 Å². The number of nitrogens with zero attached hydrogens (tertiary/aromatic N) is 1. The molecule has 0 saturated heterocycles.